The Balaban J connectivity index is 0.00000361. The number of hydrogen-bond donors (Lipinski definition) is 2. The Labute approximate surface area is 125 Å². The molecule has 7 heteroatoms. The van der Waals surface area contributed by atoms with E-state index in [-0.39, 0.29) is 19.9 Å². The summed E-state index contributed by atoms with van der Waals surface area (Å²) in [6, 6.07) is 2.72. The highest BCUT2D eigenvalue weighted by Gasteiger charge is 2.22. The van der Waals surface area contributed by atoms with Crippen molar-refractivity contribution in [2.24, 2.45) is 0 Å². The van der Waals surface area contributed by atoms with Crippen molar-refractivity contribution in [2.75, 3.05) is 0 Å². The fourth-order valence-corrected chi connectivity index (χ4v) is 1.46. The number of alkyl carbamates (subject to hydrolysis) is 1. The van der Waals surface area contributed by atoms with Crippen LogP contribution in [0, 0.1) is 0 Å². The monoisotopic (exact) mass is 300 g/mol. The van der Waals surface area contributed by atoms with Crippen LogP contribution in [0.5, 0.6) is 0 Å². The molecule has 2 N–H and O–H groups in total. The van der Waals surface area contributed by atoms with Crippen LogP contribution in [-0.4, -0.2) is 27.8 Å². The molecule has 0 aliphatic carbocycles. The first-order chi connectivity index (χ1) is 8.78. The first kappa shape index (κ1) is 18.2. The van der Waals surface area contributed by atoms with Gasteiger partial charge in [-0.05, 0) is 32.4 Å². The van der Waals surface area contributed by atoms with Crippen molar-refractivity contribution in [3.05, 3.63) is 30.1 Å². The number of carbonyl (C=O) groups excluding carboxylic acids is 1. The maximum absolute atomic E-state index is 11.7. The topological polar surface area (TPSA) is 88.5 Å². The number of hydrogen-bond acceptors (Lipinski definition) is 4. The van der Waals surface area contributed by atoms with Crippen molar-refractivity contribution >= 4 is 25.6 Å². The lowest BCUT2D eigenvalue weighted by molar-refractivity contribution is -0.137. The highest BCUT2D eigenvalue weighted by Crippen LogP contribution is 2.17. The Morgan fingerprint density at radius 3 is 2.55 bits per heavy atom. The molecule has 1 aromatic heterocycles. The number of nitrogens with one attached hydrogen (secondary N) is 1. The van der Waals surface area contributed by atoms with E-state index in [1.807, 2.05) is 0 Å². The molecule has 1 heterocycles. The Morgan fingerprint density at radius 1 is 1.45 bits per heavy atom. The molecule has 20 heavy (non-hydrogen) atoms. The average Bonchev–Trinajstić information content (AvgIpc) is 2.26. The Kier molecular flexibility index (Phi) is 7.06. The Bertz CT molecular complexity index is 445. The molecule has 0 unspecified atom stereocenters. The minimum atomic E-state index is -1.01. The van der Waals surface area contributed by atoms with Crippen LogP contribution in [0.25, 0.3) is 0 Å². The molecule has 1 atom stereocenters. The summed E-state index contributed by atoms with van der Waals surface area (Å²) in [7, 11) is 0. The molecular formula is C13H20N2O4S. The molecule has 0 saturated heterocycles. The van der Waals surface area contributed by atoms with E-state index in [2.05, 4.69) is 10.3 Å². The summed E-state index contributed by atoms with van der Waals surface area (Å²) >= 11 is 0. The van der Waals surface area contributed by atoms with Crippen LogP contribution in [0.1, 0.15) is 38.8 Å². The van der Waals surface area contributed by atoms with Gasteiger partial charge in [-0.1, -0.05) is 6.07 Å². The van der Waals surface area contributed by atoms with Gasteiger partial charge >= 0.3 is 12.1 Å². The maximum atomic E-state index is 11.7. The predicted molar refractivity (Wildman–Crippen MR) is 79.0 cm³/mol. The third-order valence-corrected chi connectivity index (χ3v) is 2.16. The van der Waals surface area contributed by atoms with Gasteiger partial charge in [0, 0.05) is 12.4 Å². The third-order valence-electron chi connectivity index (χ3n) is 2.16. The number of amides is 1. The Hall–Kier alpha value is -1.76. The molecule has 0 aliphatic heterocycles. The lowest BCUT2D eigenvalue weighted by atomic mass is 10.1. The van der Waals surface area contributed by atoms with E-state index in [9.17, 15) is 9.59 Å². The van der Waals surface area contributed by atoms with Gasteiger partial charge < -0.3 is 15.2 Å². The highest BCUT2D eigenvalue weighted by atomic mass is 32.1. The number of rotatable bonds is 4. The fraction of sp³-hybridized carbons (Fsp3) is 0.462. The van der Waals surface area contributed by atoms with Crippen LogP contribution in [0.15, 0.2) is 24.5 Å². The maximum Gasteiger partial charge on any atom is 0.408 e. The van der Waals surface area contributed by atoms with E-state index in [4.69, 9.17) is 9.84 Å². The molecular weight excluding hydrogens is 280 g/mol. The Morgan fingerprint density at radius 2 is 2.10 bits per heavy atom. The number of nitrogens with zero attached hydrogens (tertiary/aromatic N) is 1. The minimum Gasteiger partial charge on any atom is -0.481 e. The summed E-state index contributed by atoms with van der Waals surface area (Å²) in [5, 5.41) is 11.4. The van der Waals surface area contributed by atoms with Gasteiger partial charge in [-0.15, -0.1) is 0 Å². The third kappa shape index (κ3) is 6.98. The van der Waals surface area contributed by atoms with E-state index in [0.29, 0.717) is 5.56 Å². The van der Waals surface area contributed by atoms with E-state index >= 15 is 0 Å². The van der Waals surface area contributed by atoms with Crippen LogP contribution >= 0.6 is 13.5 Å². The van der Waals surface area contributed by atoms with E-state index in [1.54, 1.807) is 39.1 Å². The highest BCUT2D eigenvalue weighted by molar-refractivity contribution is 7.59. The zero-order chi connectivity index (χ0) is 14.5. The van der Waals surface area contributed by atoms with Crippen LogP contribution in [-0.2, 0) is 9.53 Å². The van der Waals surface area contributed by atoms with Crippen LogP contribution in [0.3, 0.4) is 0 Å². The number of carbonyl (C=O) groups is 2. The summed E-state index contributed by atoms with van der Waals surface area (Å²) in [5.41, 5.74) is -0.0111. The summed E-state index contributed by atoms with van der Waals surface area (Å²) in [6.07, 6.45) is 2.22. The van der Waals surface area contributed by atoms with Crippen molar-refractivity contribution in [1.29, 1.82) is 0 Å². The molecule has 1 rings (SSSR count). The van der Waals surface area contributed by atoms with Crippen molar-refractivity contribution < 1.29 is 19.4 Å². The van der Waals surface area contributed by atoms with Gasteiger partial charge in [-0.2, -0.15) is 13.5 Å². The molecule has 0 fully saturated rings. The lowest BCUT2D eigenvalue weighted by Gasteiger charge is -2.23. The first-order valence-corrected chi connectivity index (χ1v) is 5.89. The zero-order valence-electron chi connectivity index (χ0n) is 11.7. The lowest BCUT2D eigenvalue weighted by Crippen LogP contribution is -2.35. The second-order valence-corrected chi connectivity index (χ2v) is 5.08. The summed E-state index contributed by atoms with van der Waals surface area (Å²) in [6.45, 7) is 5.22. The molecule has 1 aromatic rings. The standard InChI is InChI=1S/C13H18N2O4.H2S/c1-13(2,3)19-12(18)15-10(7-11(16)17)9-5-4-6-14-8-9;/h4-6,8,10H,7H2,1-3H3,(H,15,18)(H,16,17);1H2/t10-;/m0./s1. The molecule has 0 saturated carbocycles. The van der Waals surface area contributed by atoms with Crippen LogP contribution in [0.2, 0.25) is 0 Å². The minimum absolute atomic E-state index is 0. The second-order valence-electron chi connectivity index (χ2n) is 5.08. The molecule has 0 bridgehead atoms. The molecule has 0 spiro atoms. The average molecular weight is 300 g/mol. The number of pyridine rings is 1. The number of aliphatic carboxylic acids is 1. The zero-order valence-corrected chi connectivity index (χ0v) is 12.7. The number of carboxylic acid groups (broad SMARTS) is 1. The van der Waals surface area contributed by atoms with Crippen molar-refractivity contribution in [2.45, 2.75) is 38.8 Å². The molecule has 6 nitrogen and oxygen atoms in total. The van der Waals surface area contributed by atoms with Crippen LogP contribution in [0.4, 0.5) is 4.79 Å². The number of carboxylic acids is 1. The molecule has 0 aromatic carbocycles. The normalized spacial score (nSPS) is 11.9. The van der Waals surface area contributed by atoms with Crippen molar-refractivity contribution in [1.82, 2.24) is 10.3 Å². The summed E-state index contributed by atoms with van der Waals surface area (Å²) in [4.78, 5) is 26.4. The first-order valence-electron chi connectivity index (χ1n) is 5.89. The van der Waals surface area contributed by atoms with Gasteiger partial charge in [0.2, 0.25) is 0 Å². The van der Waals surface area contributed by atoms with Crippen molar-refractivity contribution in [3.63, 3.8) is 0 Å². The van der Waals surface area contributed by atoms with E-state index in [1.165, 1.54) is 6.20 Å². The van der Waals surface area contributed by atoms with E-state index in [0.717, 1.165) is 0 Å². The predicted octanol–water partition coefficient (Wildman–Crippen LogP) is 2.23. The van der Waals surface area contributed by atoms with E-state index < -0.39 is 23.7 Å². The molecule has 0 aliphatic rings. The molecule has 112 valence electrons. The van der Waals surface area contributed by atoms with Gasteiger partial charge in [0.25, 0.3) is 0 Å². The van der Waals surface area contributed by atoms with Gasteiger partial charge in [0.15, 0.2) is 0 Å². The summed E-state index contributed by atoms with van der Waals surface area (Å²) < 4.78 is 5.11. The SMILES string of the molecule is CC(C)(C)OC(=O)N[C@@H](CC(=O)O)c1cccnc1.S. The van der Waals surface area contributed by atoms with Gasteiger partial charge in [-0.25, -0.2) is 4.79 Å². The second kappa shape index (κ2) is 7.74. The van der Waals surface area contributed by atoms with Gasteiger partial charge in [-0.3, -0.25) is 9.78 Å². The van der Waals surface area contributed by atoms with Crippen molar-refractivity contribution in [3.8, 4) is 0 Å². The van der Waals surface area contributed by atoms with Gasteiger partial charge in [0.1, 0.15) is 5.60 Å². The largest absolute Gasteiger partial charge is 0.481 e. The number of aromatic nitrogens is 1. The molecule has 0 radical (unpaired) electrons. The molecule has 1 amide bonds. The quantitative estimate of drug-likeness (QED) is 0.890. The van der Waals surface area contributed by atoms with Crippen LogP contribution < -0.4 is 5.32 Å². The van der Waals surface area contributed by atoms with Gasteiger partial charge in [0.05, 0.1) is 12.5 Å². The number of ether oxygens (including phenoxy) is 1. The smallest absolute Gasteiger partial charge is 0.408 e. The summed E-state index contributed by atoms with van der Waals surface area (Å²) in [5.74, 6) is -1.01. The fourth-order valence-electron chi connectivity index (χ4n) is 1.46.